The van der Waals surface area contributed by atoms with Gasteiger partial charge in [0, 0.05) is 6.54 Å². The summed E-state index contributed by atoms with van der Waals surface area (Å²) in [6.07, 6.45) is 1.51. The fraction of sp³-hybridized carbons (Fsp3) is 1.00. The molecule has 90 valence electrons. The molecule has 0 aromatic rings. The molecular weight excluding hydrogens is 214 g/mol. The highest BCUT2D eigenvalue weighted by molar-refractivity contribution is 7.90. The summed E-state index contributed by atoms with van der Waals surface area (Å²) in [5.41, 5.74) is 0.0183. The summed E-state index contributed by atoms with van der Waals surface area (Å²) in [6, 6.07) is 0. The molecule has 0 aliphatic heterocycles. The van der Waals surface area contributed by atoms with Gasteiger partial charge in [-0.2, -0.15) is 0 Å². The van der Waals surface area contributed by atoms with Gasteiger partial charge in [0.05, 0.1) is 11.4 Å². The van der Waals surface area contributed by atoms with E-state index < -0.39 is 16.1 Å². The van der Waals surface area contributed by atoms with Crippen molar-refractivity contribution < 1.29 is 13.5 Å². The van der Waals surface area contributed by atoms with E-state index in [4.69, 9.17) is 0 Å². The number of nitrogens with one attached hydrogen (secondary N) is 1. The van der Waals surface area contributed by atoms with Crippen molar-refractivity contribution in [2.45, 2.75) is 51.4 Å². The minimum Gasteiger partial charge on any atom is -0.392 e. The second kappa shape index (κ2) is 4.39. The third-order valence-corrected chi connectivity index (χ3v) is 4.25. The van der Waals surface area contributed by atoms with Crippen LogP contribution in [-0.4, -0.2) is 31.4 Å². The summed E-state index contributed by atoms with van der Waals surface area (Å²) in [7, 11) is -3.15. The van der Waals surface area contributed by atoms with E-state index in [1.165, 1.54) is 0 Å². The topological polar surface area (TPSA) is 66.4 Å². The summed E-state index contributed by atoms with van der Waals surface area (Å²) in [4.78, 5) is 0. The molecule has 0 heterocycles. The van der Waals surface area contributed by atoms with Crippen molar-refractivity contribution in [2.75, 3.05) is 6.54 Å². The molecule has 0 saturated heterocycles. The van der Waals surface area contributed by atoms with Crippen molar-refractivity contribution >= 4 is 10.0 Å². The SMILES string of the molecule is CC(C)(C)CC(O)CNS(=O)(=O)C1CC1. The molecule has 4 nitrogen and oxygen atoms in total. The minimum absolute atomic E-state index is 0.0183. The van der Waals surface area contributed by atoms with E-state index in [0.29, 0.717) is 6.42 Å². The van der Waals surface area contributed by atoms with Gasteiger partial charge in [0.15, 0.2) is 0 Å². The molecule has 1 aliphatic carbocycles. The molecule has 0 radical (unpaired) electrons. The fourth-order valence-corrected chi connectivity index (χ4v) is 2.90. The fourth-order valence-electron chi connectivity index (χ4n) is 1.49. The third kappa shape index (κ3) is 4.95. The summed E-state index contributed by atoms with van der Waals surface area (Å²) >= 11 is 0. The van der Waals surface area contributed by atoms with Crippen LogP contribution in [0.5, 0.6) is 0 Å². The second-order valence-electron chi connectivity index (χ2n) is 5.51. The van der Waals surface area contributed by atoms with E-state index in [9.17, 15) is 13.5 Å². The Morgan fingerprint density at radius 1 is 1.40 bits per heavy atom. The van der Waals surface area contributed by atoms with E-state index in [1.807, 2.05) is 20.8 Å². The number of aliphatic hydroxyl groups excluding tert-OH is 1. The van der Waals surface area contributed by atoms with Gasteiger partial charge in [-0.15, -0.1) is 0 Å². The van der Waals surface area contributed by atoms with Gasteiger partial charge in [0.25, 0.3) is 0 Å². The van der Waals surface area contributed by atoms with Crippen LogP contribution >= 0.6 is 0 Å². The Hall–Kier alpha value is -0.130. The first-order valence-corrected chi connectivity index (χ1v) is 6.92. The quantitative estimate of drug-likeness (QED) is 0.743. The molecule has 0 bridgehead atoms. The van der Waals surface area contributed by atoms with Crippen LogP contribution in [0, 0.1) is 5.41 Å². The largest absolute Gasteiger partial charge is 0.392 e. The Kier molecular flexibility index (Phi) is 3.79. The van der Waals surface area contributed by atoms with Crippen molar-refractivity contribution in [3.63, 3.8) is 0 Å². The van der Waals surface area contributed by atoms with Crippen LogP contribution < -0.4 is 4.72 Å². The molecule has 1 unspecified atom stereocenters. The number of sulfonamides is 1. The molecule has 0 aromatic heterocycles. The first-order chi connectivity index (χ1) is 6.71. The van der Waals surface area contributed by atoms with Crippen LogP contribution in [0.2, 0.25) is 0 Å². The summed E-state index contributed by atoms with van der Waals surface area (Å²) in [5, 5.41) is 9.41. The number of hydrogen-bond donors (Lipinski definition) is 2. The zero-order valence-electron chi connectivity index (χ0n) is 9.66. The van der Waals surface area contributed by atoms with Crippen molar-refractivity contribution in [1.29, 1.82) is 0 Å². The van der Waals surface area contributed by atoms with Crippen LogP contribution in [0.1, 0.15) is 40.0 Å². The number of hydrogen-bond acceptors (Lipinski definition) is 3. The van der Waals surface area contributed by atoms with Gasteiger partial charge in [-0.1, -0.05) is 20.8 Å². The zero-order valence-corrected chi connectivity index (χ0v) is 10.5. The highest BCUT2D eigenvalue weighted by Gasteiger charge is 2.35. The maximum Gasteiger partial charge on any atom is 0.214 e. The van der Waals surface area contributed by atoms with Crippen LogP contribution in [0.15, 0.2) is 0 Å². The average molecular weight is 235 g/mol. The molecule has 0 aromatic carbocycles. The van der Waals surface area contributed by atoms with Gasteiger partial charge in [0.2, 0.25) is 10.0 Å². The van der Waals surface area contributed by atoms with E-state index >= 15 is 0 Å². The molecule has 0 spiro atoms. The van der Waals surface area contributed by atoms with Crippen molar-refractivity contribution in [3.8, 4) is 0 Å². The molecule has 0 amide bonds. The van der Waals surface area contributed by atoms with Gasteiger partial charge in [-0.25, -0.2) is 13.1 Å². The molecule has 1 atom stereocenters. The molecule has 1 saturated carbocycles. The normalized spacial score (nSPS) is 20.3. The smallest absolute Gasteiger partial charge is 0.214 e. The lowest BCUT2D eigenvalue weighted by atomic mass is 9.89. The van der Waals surface area contributed by atoms with E-state index in [2.05, 4.69) is 4.72 Å². The highest BCUT2D eigenvalue weighted by Crippen LogP contribution is 2.27. The standard InChI is InChI=1S/C10H21NO3S/c1-10(2,3)6-8(12)7-11-15(13,14)9-4-5-9/h8-9,11-12H,4-7H2,1-3H3. The van der Waals surface area contributed by atoms with Gasteiger partial charge in [0.1, 0.15) is 0 Å². The highest BCUT2D eigenvalue weighted by atomic mass is 32.2. The number of rotatable bonds is 5. The van der Waals surface area contributed by atoms with Gasteiger partial charge in [-0.3, -0.25) is 0 Å². The third-order valence-electron chi connectivity index (χ3n) is 2.33. The zero-order chi connectivity index (χ0) is 11.7. The molecule has 1 aliphatic rings. The summed E-state index contributed by atoms with van der Waals surface area (Å²) < 4.78 is 25.3. The minimum atomic E-state index is -3.15. The van der Waals surface area contributed by atoms with E-state index in [-0.39, 0.29) is 17.2 Å². The van der Waals surface area contributed by atoms with Crippen LogP contribution in [0.25, 0.3) is 0 Å². The average Bonchev–Trinajstić information content (AvgIpc) is 2.79. The summed E-state index contributed by atoms with van der Waals surface area (Å²) in [6.45, 7) is 6.19. The number of aliphatic hydroxyl groups is 1. The van der Waals surface area contributed by atoms with Crippen molar-refractivity contribution in [2.24, 2.45) is 5.41 Å². The van der Waals surface area contributed by atoms with Gasteiger partial charge in [-0.05, 0) is 24.7 Å². The van der Waals surface area contributed by atoms with Gasteiger partial charge >= 0.3 is 0 Å². The lowest BCUT2D eigenvalue weighted by Gasteiger charge is -2.22. The predicted octanol–water partition coefficient (Wildman–Crippen LogP) is 0.865. The Labute approximate surface area is 92.1 Å². The van der Waals surface area contributed by atoms with Crippen molar-refractivity contribution in [1.82, 2.24) is 4.72 Å². The maximum absolute atomic E-state index is 11.4. The molecule has 15 heavy (non-hydrogen) atoms. The van der Waals surface area contributed by atoms with Crippen LogP contribution in [0.4, 0.5) is 0 Å². The molecule has 1 fully saturated rings. The Morgan fingerprint density at radius 3 is 2.33 bits per heavy atom. The van der Waals surface area contributed by atoms with E-state index in [0.717, 1.165) is 12.8 Å². The molecular formula is C10H21NO3S. The molecule has 1 rings (SSSR count). The lowest BCUT2D eigenvalue weighted by molar-refractivity contribution is 0.125. The molecule has 5 heteroatoms. The van der Waals surface area contributed by atoms with Crippen LogP contribution in [-0.2, 0) is 10.0 Å². The van der Waals surface area contributed by atoms with Crippen LogP contribution in [0.3, 0.4) is 0 Å². The maximum atomic E-state index is 11.4. The predicted molar refractivity (Wildman–Crippen MR) is 60.0 cm³/mol. The Bertz CT molecular complexity index is 301. The first-order valence-electron chi connectivity index (χ1n) is 5.37. The second-order valence-corrected chi connectivity index (χ2v) is 7.56. The van der Waals surface area contributed by atoms with E-state index in [1.54, 1.807) is 0 Å². The lowest BCUT2D eigenvalue weighted by Crippen LogP contribution is -2.35. The van der Waals surface area contributed by atoms with Crippen molar-refractivity contribution in [3.05, 3.63) is 0 Å². The van der Waals surface area contributed by atoms with Gasteiger partial charge < -0.3 is 5.11 Å². The molecule has 2 N–H and O–H groups in total. The first kappa shape index (κ1) is 12.9. The Morgan fingerprint density at radius 2 is 1.93 bits per heavy atom. The monoisotopic (exact) mass is 235 g/mol. The Balaban J connectivity index is 2.30. The summed E-state index contributed by atoms with van der Waals surface area (Å²) in [5.74, 6) is 0.